The molecule has 84 valence electrons. The van der Waals surface area contributed by atoms with Gasteiger partial charge in [0.25, 0.3) is 0 Å². The molecule has 0 aliphatic carbocycles. The van der Waals surface area contributed by atoms with Gasteiger partial charge in [0.1, 0.15) is 10.4 Å². The van der Waals surface area contributed by atoms with E-state index in [4.69, 9.17) is 4.74 Å². The third-order valence-electron chi connectivity index (χ3n) is 2.02. The van der Waals surface area contributed by atoms with Gasteiger partial charge in [0.2, 0.25) is 0 Å². The average molecular weight is 239 g/mol. The van der Waals surface area contributed by atoms with Gasteiger partial charge in [0.15, 0.2) is 4.83 Å². The Balaban J connectivity index is 2.60. The first kappa shape index (κ1) is 10.7. The second-order valence-corrected chi connectivity index (χ2v) is 4.07. The van der Waals surface area contributed by atoms with Gasteiger partial charge < -0.3 is 4.74 Å². The van der Waals surface area contributed by atoms with Crippen LogP contribution in [0, 0.1) is 6.92 Å². The summed E-state index contributed by atoms with van der Waals surface area (Å²) in [6.45, 7) is 3.77. The normalized spacial score (nSPS) is 10.6. The van der Waals surface area contributed by atoms with E-state index in [1.54, 1.807) is 13.8 Å². The lowest BCUT2D eigenvalue weighted by atomic mass is 10.2. The summed E-state index contributed by atoms with van der Waals surface area (Å²) in [7, 11) is 0. The lowest BCUT2D eigenvalue weighted by Crippen LogP contribution is -2.11. The van der Waals surface area contributed by atoms with Crippen molar-refractivity contribution in [3.8, 4) is 0 Å². The quantitative estimate of drug-likeness (QED) is 0.786. The van der Waals surface area contributed by atoms with Crippen LogP contribution in [0.15, 0.2) is 4.79 Å². The second-order valence-electron chi connectivity index (χ2n) is 3.07. The molecule has 0 spiro atoms. The first-order valence-corrected chi connectivity index (χ1v) is 5.48. The second kappa shape index (κ2) is 4.01. The van der Waals surface area contributed by atoms with Crippen molar-refractivity contribution in [3.63, 3.8) is 0 Å². The number of nitrogens with zero attached hydrogens (tertiary/aromatic N) is 2. The van der Waals surface area contributed by atoms with E-state index in [0.717, 1.165) is 11.3 Å². The van der Waals surface area contributed by atoms with Crippen molar-refractivity contribution in [2.75, 3.05) is 6.61 Å². The Morgan fingerprint density at radius 1 is 1.56 bits per heavy atom. The minimum atomic E-state index is -0.524. The number of H-pyrrole nitrogens is 1. The summed E-state index contributed by atoms with van der Waals surface area (Å²) in [6.07, 6.45) is 0. The Morgan fingerprint density at radius 3 is 3.00 bits per heavy atom. The van der Waals surface area contributed by atoms with Crippen LogP contribution in [-0.2, 0) is 4.74 Å². The number of aryl methyl sites for hydroxylation is 1. The molecule has 1 N–H and O–H groups in total. The minimum absolute atomic E-state index is 0.312. The highest BCUT2D eigenvalue weighted by molar-refractivity contribution is 7.20. The molecule has 6 nitrogen and oxygen atoms in total. The molecule has 0 aliphatic heterocycles. The summed E-state index contributed by atoms with van der Waals surface area (Å²) < 4.78 is 4.90. The number of carbonyl (C=O) groups is 1. The van der Waals surface area contributed by atoms with Crippen molar-refractivity contribution in [1.29, 1.82) is 0 Å². The van der Waals surface area contributed by atoms with E-state index < -0.39 is 11.7 Å². The fourth-order valence-corrected chi connectivity index (χ4v) is 2.29. The molecule has 2 aromatic heterocycles. The molecule has 16 heavy (non-hydrogen) atoms. The Kier molecular flexibility index (Phi) is 2.69. The van der Waals surface area contributed by atoms with E-state index >= 15 is 0 Å². The standard InChI is InChI=1S/C9H9N3O3S/c1-3-15-8(13)6-4(2)5-7(16-6)11-12-9(14)10-5/h3H2,1-2H3,(H,10,12,14). The van der Waals surface area contributed by atoms with Gasteiger partial charge >= 0.3 is 11.7 Å². The molecule has 0 aromatic carbocycles. The Morgan fingerprint density at radius 2 is 2.31 bits per heavy atom. The molecule has 0 radical (unpaired) electrons. The number of ether oxygens (including phenoxy) is 1. The summed E-state index contributed by atoms with van der Waals surface area (Å²) in [4.78, 5) is 27.3. The summed E-state index contributed by atoms with van der Waals surface area (Å²) in [6, 6.07) is 0. The molecule has 2 heterocycles. The van der Waals surface area contributed by atoms with E-state index in [2.05, 4.69) is 15.2 Å². The lowest BCUT2D eigenvalue weighted by Gasteiger charge is -1.98. The minimum Gasteiger partial charge on any atom is -0.462 e. The molecule has 2 rings (SSSR count). The van der Waals surface area contributed by atoms with Gasteiger partial charge in [-0.2, -0.15) is 10.1 Å². The van der Waals surface area contributed by atoms with Crippen LogP contribution in [0.3, 0.4) is 0 Å². The maximum Gasteiger partial charge on any atom is 0.362 e. The van der Waals surface area contributed by atoms with E-state index in [1.807, 2.05) is 0 Å². The first-order chi connectivity index (χ1) is 7.63. The van der Waals surface area contributed by atoms with Crippen molar-refractivity contribution in [3.05, 3.63) is 20.9 Å². The van der Waals surface area contributed by atoms with E-state index in [9.17, 15) is 9.59 Å². The Bertz CT molecular complexity index is 602. The largest absolute Gasteiger partial charge is 0.462 e. The van der Waals surface area contributed by atoms with Crippen molar-refractivity contribution < 1.29 is 9.53 Å². The summed E-state index contributed by atoms with van der Waals surface area (Å²) in [5, 5.41) is 6.04. The van der Waals surface area contributed by atoms with Crippen LogP contribution in [0.25, 0.3) is 10.3 Å². The van der Waals surface area contributed by atoms with Gasteiger partial charge in [-0.05, 0) is 13.8 Å². The zero-order chi connectivity index (χ0) is 11.7. The number of rotatable bonds is 2. The zero-order valence-corrected chi connectivity index (χ0v) is 9.55. The average Bonchev–Trinajstić information content (AvgIpc) is 2.57. The molecule has 0 saturated carbocycles. The third kappa shape index (κ3) is 1.69. The zero-order valence-electron chi connectivity index (χ0n) is 8.73. The van der Waals surface area contributed by atoms with Crippen LogP contribution >= 0.6 is 11.3 Å². The first-order valence-electron chi connectivity index (χ1n) is 4.66. The third-order valence-corrected chi connectivity index (χ3v) is 3.18. The molecule has 0 saturated heterocycles. The van der Waals surface area contributed by atoms with E-state index in [0.29, 0.717) is 27.4 Å². The monoisotopic (exact) mass is 239 g/mol. The molecule has 7 heteroatoms. The SMILES string of the molecule is CCOC(=O)c1sc2n[nH]c(=O)nc2c1C. The molecule has 0 aliphatic rings. The molecule has 0 amide bonds. The molecule has 0 unspecified atom stereocenters. The van der Waals surface area contributed by atoms with Crippen LogP contribution in [-0.4, -0.2) is 27.8 Å². The van der Waals surface area contributed by atoms with Crippen molar-refractivity contribution in [1.82, 2.24) is 15.2 Å². The van der Waals surface area contributed by atoms with Crippen LogP contribution in [0.5, 0.6) is 0 Å². The van der Waals surface area contributed by atoms with Crippen LogP contribution in [0.4, 0.5) is 0 Å². The van der Waals surface area contributed by atoms with Gasteiger partial charge in [-0.15, -0.1) is 11.3 Å². The number of aromatic amines is 1. The molecule has 2 aromatic rings. The molecular formula is C9H9N3O3S. The number of aromatic nitrogens is 3. The summed E-state index contributed by atoms with van der Waals surface area (Å²) in [5.74, 6) is -0.405. The topological polar surface area (TPSA) is 84.9 Å². The highest BCUT2D eigenvalue weighted by atomic mass is 32.1. The van der Waals surface area contributed by atoms with Gasteiger partial charge in [-0.25, -0.2) is 14.7 Å². The van der Waals surface area contributed by atoms with E-state index in [1.165, 1.54) is 0 Å². The summed E-state index contributed by atoms with van der Waals surface area (Å²) in [5.41, 5.74) is 0.567. The number of esters is 1. The number of hydrogen-bond acceptors (Lipinski definition) is 6. The van der Waals surface area contributed by atoms with Crippen molar-refractivity contribution in [2.45, 2.75) is 13.8 Å². The summed E-state index contributed by atoms with van der Waals surface area (Å²) >= 11 is 1.16. The number of hydrogen-bond donors (Lipinski definition) is 1. The van der Waals surface area contributed by atoms with E-state index in [-0.39, 0.29) is 0 Å². The maximum atomic E-state index is 11.6. The molecule has 0 bridgehead atoms. The smallest absolute Gasteiger partial charge is 0.362 e. The van der Waals surface area contributed by atoms with Crippen LogP contribution in [0.1, 0.15) is 22.2 Å². The van der Waals surface area contributed by atoms with Gasteiger partial charge in [-0.1, -0.05) is 0 Å². The fourth-order valence-electron chi connectivity index (χ4n) is 1.31. The highest BCUT2D eigenvalue weighted by Crippen LogP contribution is 2.26. The predicted molar refractivity (Wildman–Crippen MR) is 58.7 cm³/mol. The highest BCUT2D eigenvalue weighted by Gasteiger charge is 2.18. The van der Waals surface area contributed by atoms with Crippen molar-refractivity contribution >= 4 is 27.7 Å². The maximum absolute atomic E-state index is 11.6. The van der Waals surface area contributed by atoms with Gasteiger partial charge in [0.05, 0.1) is 6.61 Å². The van der Waals surface area contributed by atoms with Gasteiger partial charge in [0, 0.05) is 5.56 Å². The number of fused-ring (bicyclic) bond motifs is 1. The van der Waals surface area contributed by atoms with Crippen LogP contribution < -0.4 is 5.69 Å². The lowest BCUT2D eigenvalue weighted by molar-refractivity contribution is 0.0531. The fraction of sp³-hybridized carbons (Fsp3) is 0.333. The van der Waals surface area contributed by atoms with Crippen molar-refractivity contribution in [2.24, 2.45) is 0 Å². The Labute approximate surface area is 94.3 Å². The van der Waals surface area contributed by atoms with Crippen LogP contribution in [0.2, 0.25) is 0 Å². The number of nitrogens with one attached hydrogen (secondary N) is 1. The number of thiophene rings is 1. The van der Waals surface area contributed by atoms with Gasteiger partial charge in [-0.3, -0.25) is 0 Å². The predicted octanol–water partition coefficient (Wildman–Crippen LogP) is 0.865. The molecular weight excluding hydrogens is 230 g/mol. The Hall–Kier alpha value is -1.76. The molecule has 0 fully saturated rings. The molecule has 0 atom stereocenters. The number of carbonyl (C=O) groups excluding carboxylic acids is 1.